The zero-order valence-corrected chi connectivity index (χ0v) is 10.7. The standard InChI is InChI=1S/C12H17ClN2O2/c1-2-5-9-10(12(16)17)11(13)15(14-9)8-6-3-4-7-8/h8H,2-7H2,1H3,(H,16,17). The van der Waals surface area contributed by atoms with E-state index >= 15 is 0 Å². The van der Waals surface area contributed by atoms with E-state index in [9.17, 15) is 9.90 Å². The number of aryl methyl sites for hydroxylation is 1. The van der Waals surface area contributed by atoms with Gasteiger partial charge in [-0.2, -0.15) is 5.10 Å². The number of carboxylic acid groups (broad SMARTS) is 1. The van der Waals surface area contributed by atoms with Gasteiger partial charge in [-0.05, 0) is 19.3 Å². The van der Waals surface area contributed by atoms with Crippen LogP contribution in [0, 0.1) is 0 Å². The second-order valence-electron chi connectivity index (χ2n) is 4.55. The molecule has 17 heavy (non-hydrogen) atoms. The maximum atomic E-state index is 11.2. The number of aromatic nitrogens is 2. The molecular weight excluding hydrogens is 240 g/mol. The molecule has 1 saturated carbocycles. The van der Waals surface area contributed by atoms with Crippen LogP contribution in [0.3, 0.4) is 0 Å². The van der Waals surface area contributed by atoms with Crippen LogP contribution in [-0.2, 0) is 6.42 Å². The monoisotopic (exact) mass is 256 g/mol. The number of rotatable bonds is 4. The zero-order valence-electron chi connectivity index (χ0n) is 9.95. The van der Waals surface area contributed by atoms with Crippen LogP contribution in [0.1, 0.15) is 61.1 Å². The van der Waals surface area contributed by atoms with Crippen molar-refractivity contribution in [2.45, 2.75) is 51.5 Å². The minimum Gasteiger partial charge on any atom is -0.478 e. The molecule has 1 aromatic heterocycles. The highest BCUT2D eigenvalue weighted by atomic mass is 35.5. The first-order chi connectivity index (χ1) is 8.15. The van der Waals surface area contributed by atoms with Crippen molar-refractivity contribution in [2.24, 2.45) is 0 Å². The number of carboxylic acids is 1. The van der Waals surface area contributed by atoms with Gasteiger partial charge in [-0.3, -0.25) is 0 Å². The topological polar surface area (TPSA) is 55.1 Å². The van der Waals surface area contributed by atoms with Gasteiger partial charge in [-0.1, -0.05) is 37.8 Å². The van der Waals surface area contributed by atoms with Gasteiger partial charge < -0.3 is 5.11 Å². The molecule has 1 aliphatic rings. The van der Waals surface area contributed by atoms with Gasteiger partial charge in [0.2, 0.25) is 0 Å². The van der Waals surface area contributed by atoms with E-state index in [1.54, 1.807) is 4.68 Å². The lowest BCUT2D eigenvalue weighted by molar-refractivity contribution is 0.0696. The van der Waals surface area contributed by atoms with Crippen LogP contribution in [0.15, 0.2) is 0 Å². The molecule has 0 saturated heterocycles. The van der Waals surface area contributed by atoms with Crippen LogP contribution < -0.4 is 0 Å². The lowest BCUT2D eigenvalue weighted by atomic mass is 10.2. The summed E-state index contributed by atoms with van der Waals surface area (Å²) in [6.45, 7) is 2.01. The summed E-state index contributed by atoms with van der Waals surface area (Å²) in [6, 6.07) is 0.284. The minimum atomic E-state index is -0.970. The third-order valence-corrected chi connectivity index (χ3v) is 3.66. The molecule has 0 bridgehead atoms. The largest absolute Gasteiger partial charge is 0.478 e. The Morgan fingerprint density at radius 3 is 2.71 bits per heavy atom. The maximum absolute atomic E-state index is 11.2. The number of hydrogen-bond acceptors (Lipinski definition) is 2. The summed E-state index contributed by atoms with van der Waals surface area (Å²) < 4.78 is 1.73. The van der Waals surface area contributed by atoms with E-state index in [1.165, 1.54) is 12.8 Å². The van der Waals surface area contributed by atoms with Crippen LogP contribution in [0.25, 0.3) is 0 Å². The first-order valence-corrected chi connectivity index (χ1v) is 6.53. The van der Waals surface area contributed by atoms with E-state index in [4.69, 9.17) is 11.6 Å². The summed E-state index contributed by atoms with van der Waals surface area (Å²) in [5.74, 6) is -0.970. The molecule has 0 aromatic carbocycles. The molecule has 1 N–H and O–H groups in total. The first-order valence-electron chi connectivity index (χ1n) is 6.15. The van der Waals surface area contributed by atoms with Gasteiger partial charge in [0.05, 0.1) is 11.7 Å². The van der Waals surface area contributed by atoms with Gasteiger partial charge in [-0.25, -0.2) is 9.48 Å². The molecule has 2 rings (SSSR count). The van der Waals surface area contributed by atoms with Gasteiger partial charge in [-0.15, -0.1) is 0 Å². The predicted molar refractivity (Wildman–Crippen MR) is 65.7 cm³/mol. The number of hydrogen-bond donors (Lipinski definition) is 1. The Balaban J connectivity index is 2.39. The van der Waals surface area contributed by atoms with Gasteiger partial charge in [0.15, 0.2) is 0 Å². The Hall–Kier alpha value is -1.03. The molecule has 0 radical (unpaired) electrons. The lowest BCUT2D eigenvalue weighted by Crippen LogP contribution is -2.07. The second-order valence-corrected chi connectivity index (χ2v) is 4.91. The summed E-state index contributed by atoms with van der Waals surface area (Å²) >= 11 is 6.16. The average Bonchev–Trinajstić information content (AvgIpc) is 2.86. The minimum absolute atomic E-state index is 0.195. The molecule has 0 aliphatic heterocycles. The van der Waals surface area contributed by atoms with Crippen LogP contribution in [0.5, 0.6) is 0 Å². The average molecular weight is 257 g/mol. The van der Waals surface area contributed by atoms with Crippen LogP contribution in [0.4, 0.5) is 0 Å². The lowest BCUT2D eigenvalue weighted by Gasteiger charge is -2.10. The van der Waals surface area contributed by atoms with Crippen LogP contribution >= 0.6 is 11.6 Å². The molecule has 94 valence electrons. The van der Waals surface area contributed by atoms with E-state index in [1.807, 2.05) is 6.92 Å². The molecular formula is C12H17ClN2O2. The highest BCUT2D eigenvalue weighted by molar-refractivity contribution is 6.32. The number of carbonyl (C=O) groups is 1. The third-order valence-electron chi connectivity index (χ3n) is 3.30. The molecule has 1 aliphatic carbocycles. The molecule has 1 heterocycles. The number of aromatic carboxylic acids is 1. The summed E-state index contributed by atoms with van der Waals surface area (Å²) in [5, 5.41) is 13.9. The molecule has 0 amide bonds. The third kappa shape index (κ3) is 2.32. The van der Waals surface area contributed by atoms with Crippen molar-refractivity contribution in [3.8, 4) is 0 Å². The van der Waals surface area contributed by atoms with Crippen molar-refractivity contribution >= 4 is 17.6 Å². The van der Waals surface area contributed by atoms with Crippen molar-refractivity contribution in [2.75, 3.05) is 0 Å². The van der Waals surface area contributed by atoms with E-state index in [0.717, 1.165) is 19.3 Å². The van der Waals surface area contributed by atoms with Crippen LogP contribution in [0.2, 0.25) is 5.15 Å². The Kier molecular flexibility index (Phi) is 3.72. The quantitative estimate of drug-likeness (QED) is 0.899. The fourth-order valence-corrected chi connectivity index (χ4v) is 2.84. The zero-order chi connectivity index (χ0) is 12.4. The van der Waals surface area contributed by atoms with Gasteiger partial charge in [0, 0.05) is 0 Å². The van der Waals surface area contributed by atoms with Gasteiger partial charge in [0.1, 0.15) is 10.7 Å². The SMILES string of the molecule is CCCc1nn(C2CCCC2)c(Cl)c1C(=O)O. The van der Waals surface area contributed by atoms with Crippen molar-refractivity contribution in [1.82, 2.24) is 9.78 Å². The Bertz CT molecular complexity index is 422. The number of nitrogens with zero attached hydrogens (tertiary/aromatic N) is 2. The molecule has 0 atom stereocenters. The number of halogens is 1. The molecule has 0 spiro atoms. The van der Waals surface area contributed by atoms with Crippen molar-refractivity contribution in [3.05, 3.63) is 16.4 Å². The predicted octanol–water partition coefficient (Wildman–Crippen LogP) is 3.30. The van der Waals surface area contributed by atoms with Crippen molar-refractivity contribution in [3.63, 3.8) is 0 Å². The van der Waals surface area contributed by atoms with E-state index in [-0.39, 0.29) is 11.6 Å². The smallest absolute Gasteiger partial charge is 0.340 e. The summed E-state index contributed by atoms with van der Waals surface area (Å²) in [6.07, 6.45) is 5.98. The summed E-state index contributed by atoms with van der Waals surface area (Å²) in [4.78, 5) is 11.2. The fraction of sp³-hybridized carbons (Fsp3) is 0.667. The van der Waals surface area contributed by atoms with E-state index in [0.29, 0.717) is 17.3 Å². The summed E-state index contributed by atoms with van der Waals surface area (Å²) in [7, 11) is 0. The molecule has 5 heteroatoms. The molecule has 1 aromatic rings. The fourth-order valence-electron chi connectivity index (χ4n) is 2.47. The molecule has 1 fully saturated rings. The Morgan fingerprint density at radius 1 is 1.53 bits per heavy atom. The van der Waals surface area contributed by atoms with Gasteiger partial charge in [0.25, 0.3) is 0 Å². The first kappa shape index (κ1) is 12.4. The molecule has 0 unspecified atom stereocenters. The van der Waals surface area contributed by atoms with E-state index < -0.39 is 5.97 Å². The van der Waals surface area contributed by atoms with Crippen molar-refractivity contribution < 1.29 is 9.90 Å². The second kappa shape index (κ2) is 5.08. The van der Waals surface area contributed by atoms with Gasteiger partial charge >= 0.3 is 5.97 Å². The van der Waals surface area contributed by atoms with E-state index in [2.05, 4.69) is 5.10 Å². The normalized spacial score (nSPS) is 16.6. The van der Waals surface area contributed by atoms with Crippen molar-refractivity contribution in [1.29, 1.82) is 0 Å². The highest BCUT2D eigenvalue weighted by Crippen LogP contribution is 2.33. The summed E-state index contributed by atoms with van der Waals surface area (Å²) in [5.41, 5.74) is 0.817. The highest BCUT2D eigenvalue weighted by Gasteiger charge is 2.27. The molecule has 4 nitrogen and oxygen atoms in total. The maximum Gasteiger partial charge on any atom is 0.340 e. The Morgan fingerprint density at radius 2 is 2.18 bits per heavy atom. The van der Waals surface area contributed by atoms with Crippen LogP contribution in [-0.4, -0.2) is 20.9 Å². The Labute approximate surface area is 106 Å².